The maximum Gasteiger partial charge on any atom is 0.255 e. The number of nitrogens with zero attached hydrogens (tertiary/aromatic N) is 4. The number of anilines is 1. The van der Waals surface area contributed by atoms with Crippen molar-refractivity contribution in [2.24, 2.45) is 0 Å². The Labute approximate surface area is 163 Å². The highest BCUT2D eigenvalue weighted by atomic mass is 16.5. The van der Waals surface area contributed by atoms with Gasteiger partial charge < -0.3 is 14.8 Å². The first-order valence-corrected chi connectivity index (χ1v) is 9.17. The fraction of sp³-hybridized carbons (Fsp3) is 0.300. The van der Waals surface area contributed by atoms with Crippen molar-refractivity contribution in [2.75, 3.05) is 18.5 Å². The first-order valence-electron chi connectivity index (χ1n) is 9.17. The Balaban J connectivity index is 1.82. The van der Waals surface area contributed by atoms with Crippen LogP contribution >= 0.6 is 0 Å². The van der Waals surface area contributed by atoms with Crippen LogP contribution in [-0.4, -0.2) is 39.3 Å². The largest absolute Gasteiger partial charge is 0.490 e. The SMILES string of the molecule is CCCOc1ccc(C(=O)Nc2cc(-n3cnnn3)ccc2C)cc1OCC. The van der Waals surface area contributed by atoms with Crippen molar-refractivity contribution < 1.29 is 14.3 Å². The number of nitrogens with one attached hydrogen (secondary N) is 1. The quantitative estimate of drug-likeness (QED) is 0.643. The normalized spacial score (nSPS) is 10.5. The Hall–Kier alpha value is -3.42. The molecule has 146 valence electrons. The van der Waals surface area contributed by atoms with Crippen molar-refractivity contribution in [1.29, 1.82) is 0 Å². The molecule has 0 fully saturated rings. The molecule has 0 unspecified atom stereocenters. The van der Waals surface area contributed by atoms with E-state index < -0.39 is 0 Å². The lowest BCUT2D eigenvalue weighted by atomic mass is 10.1. The molecule has 0 saturated carbocycles. The van der Waals surface area contributed by atoms with E-state index in [1.807, 2.05) is 39.0 Å². The van der Waals surface area contributed by atoms with E-state index in [-0.39, 0.29) is 5.91 Å². The molecule has 1 N–H and O–H groups in total. The Morgan fingerprint density at radius 2 is 1.96 bits per heavy atom. The predicted octanol–water partition coefficient (Wildman–Crippen LogP) is 3.41. The number of benzene rings is 2. The van der Waals surface area contributed by atoms with E-state index in [2.05, 4.69) is 20.8 Å². The first-order chi connectivity index (χ1) is 13.6. The molecule has 0 aliphatic heterocycles. The minimum Gasteiger partial charge on any atom is -0.490 e. The molecule has 1 heterocycles. The van der Waals surface area contributed by atoms with Gasteiger partial charge in [0.15, 0.2) is 11.5 Å². The summed E-state index contributed by atoms with van der Waals surface area (Å²) in [6, 6.07) is 10.8. The number of aryl methyl sites for hydroxylation is 1. The summed E-state index contributed by atoms with van der Waals surface area (Å²) in [6.45, 7) is 6.93. The standard InChI is InChI=1S/C20H23N5O3/c1-4-10-28-18-9-7-15(11-19(18)27-5-2)20(26)22-17-12-16(8-6-14(17)3)25-13-21-23-24-25/h6-9,11-13H,4-5,10H2,1-3H3,(H,22,26). The van der Waals surface area contributed by atoms with Crippen molar-refractivity contribution in [3.05, 3.63) is 53.9 Å². The van der Waals surface area contributed by atoms with Gasteiger partial charge in [-0.05, 0) is 66.6 Å². The third kappa shape index (κ3) is 4.46. The zero-order valence-corrected chi connectivity index (χ0v) is 16.2. The van der Waals surface area contributed by atoms with Gasteiger partial charge in [0.25, 0.3) is 5.91 Å². The third-order valence-electron chi connectivity index (χ3n) is 4.05. The molecule has 0 saturated heterocycles. The highest BCUT2D eigenvalue weighted by Gasteiger charge is 2.13. The van der Waals surface area contributed by atoms with E-state index in [9.17, 15) is 4.79 Å². The summed E-state index contributed by atoms with van der Waals surface area (Å²) in [6.07, 6.45) is 2.39. The van der Waals surface area contributed by atoms with Gasteiger partial charge in [-0.15, -0.1) is 5.10 Å². The van der Waals surface area contributed by atoms with Crippen LogP contribution in [0.25, 0.3) is 5.69 Å². The molecule has 28 heavy (non-hydrogen) atoms. The van der Waals surface area contributed by atoms with Gasteiger partial charge in [-0.3, -0.25) is 4.79 Å². The molecule has 3 rings (SSSR count). The van der Waals surface area contributed by atoms with Crippen LogP contribution in [0.2, 0.25) is 0 Å². The number of amides is 1. The van der Waals surface area contributed by atoms with Gasteiger partial charge in [0, 0.05) is 11.3 Å². The van der Waals surface area contributed by atoms with Crippen LogP contribution in [-0.2, 0) is 0 Å². The summed E-state index contributed by atoms with van der Waals surface area (Å²) in [5, 5.41) is 14.1. The second kappa shape index (κ2) is 8.98. The summed E-state index contributed by atoms with van der Waals surface area (Å²) < 4.78 is 12.9. The average molecular weight is 381 g/mol. The number of carbonyl (C=O) groups is 1. The molecule has 0 aliphatic rings. The smallest absolute Gasteiger partial charge is 0.255 e. The van der Waals surface area contributed by atoms with E-state index in [1.165, 1.54) is 11.0 Å². The molecular formula is C20H23N5O3. The number of carbonyl (C=O) groups excluding carboxylic acids is 1. The van der Waals surface area contributed by atoms with Gasteiger partial charge in [0.1, 0.15) is 6.33 Å². The van der Waals surface area contributed by atoms with Crippen molar-refractivity contribution in [3.63, 3.8) is 0 Å². The van der Waals surface area contributed by atoms with Gasteiger partial charge in [-0.25, -0.2) is 4.68 Å². The lowest BCUT2D eigenvalue weighted by molar-refractivity contribution is 0.102. The van der Waals surface area contributed by atoms with Crippen LogP contribution in [0.15, 0.2) is 42.7 Å². The van der Waals surface area contributed by atoms with Crippen LogP contribution in [0.5, 0.6) is 11.5 Å². The number of aromatic nitrogens is 4. The molecule has 2 aromatic carbocycles. The number of tetrazole rings is 1. The van der Waals surface area contributed by atoms with Crippen molar-refractivity contribution in [3.8, 4) is 17.2 Å². The molecular weight excluding hydrogens is 358 g/mol. The minimum atomic E-state index is -0.236. The molecule has 0 atom stereocenters. The molecule has 8 heteroatoms. The van der Waals surface area contributed by atoms with Gasteiger partial charge in [0.2, 0.25) is 0 Å². The van der Waals surface area contributed by atoms with E-state index in [0.717, 1.165) is 17.7 Å². The molecule has 1 amide bonds. The van der Waals surface area contributed by atoms with E-state index in [0.29, 0.717) is 36.0 Å². The second-order valence-electron chi connectivity index (χ2n) is 6.15. The molecule has 8 nitrogen and oxygen atoms in total. The van der Waals surface area contributed by atoms with Crippen LogP contribution < -0.4 is 14.8 Å². The Morgan fingerprint density at radius 1 is 1.11 bits per heavy atom. The zero-order valence-electron chi connectivity index (χ0n) is 16.2. The van der Waals surface area contributed by atoms with Crippen LogP contribution in [0.4, 0.5) is 5.69 Å². The third-order valence-corrected chi connectivity index (χ3v) is 4.05. The summed E-state index contributed by atoms with van der Waals surface area (Å²) in [5.74, 6) is 0.958. The monoisotopic (exact) mass is 381 g/mol. The van der Waals surface area contributed by atoms with Gasteiger partial charge in [-0.1, -0.05) is 13.0 Å². The van der Waals surface area contributed by atoms with E-state index >= 15 is 0 Å². The van der Waals surface area contributed by atoms with Crippen molar-refractivity contribution in [1.82, 2.24) is 20.2 Å². The molecule has 0 aliphatic carbocycles. The number of hydrogen-bond donors (Lipinski definition) is 1. The maximum atomic E-state index is 12.8. The average Bonchev–Trinajstić information content (AvgIpc) is 3.23. The van der Waals surface area contributed by atoms with E-state index in [4.69, 9.17) is 9.47 Å². The minimum absolute atomic E-state index is 0.236. The Kier molecular flexibility index (Phi) is 6.21. The summed E-state index contributed by atoms with van der Waals surface area (Å²) in [5.41, 5.74) is 2.85. The molecule has 0 radical (unpaired) electrons. The van der Waals surface area contributed by atoms with E-state index in [1.54, 1.807) is 18.2 Å². The highest BCUT2D eigenvalue weighted by molar-refractivity contribution is 6.05. The Morgan fingerprint density at radius 3 is 2.68 bits per heavy atom. The summed E-state index contributed by atoms with van der Waals surface area (Å²) in [7, 11) is 0. The Bertz CT molecular complexity index is 941. The number of rotatable bonds is 8. The number of hydrogen-bond acceptors (Lipinski definition) is 6. The lowest BCUT2D eigenvalue weighted by Gasteiger charge is -2.14. The summed E-state index contributed by atoms with van der Waals surface area (Å²) in [4.78, 5) is 12.8. The molecule has 1 aromatic heterocycles. The molecule has 0 bridgehead atoms. The van der Waals surface area contributed by atoms with Crippen LogP contribution in [0, 0.1) is 6.92 Å². The fourth-order valence-electron chi connectivity index (χ4n) is 2.61. The second-order valence-corrected chi connectivity index (χ2v) is 6.15. The molecule has 3 aromatic rings. The zero-order chi connectivity index (χ0) is 19.9. The maximum absolute atomic E-state index is 12.8. The first kappa shape index (κ1) is 19.3. The number of ether oxygens (including phenoxy) is 2. The summed E-state index contributed by atoms with van der Waals surface area (Å²) >= 11 is 0. The van der Waals surface area contributed by atoms with Gasteiger partial charge in [0.05, 0.1) is 18.9 Å². The fourth-order valence-corrected chi connectivity index (χ4v) is 2.61. The van der Waals surface area contributed by atoms with Gasteiger partial charge in [-0.2, -0.15) is 0 Å². The van der Waals surface area contributed by atoms with Crippen molar-refractivity contribution in [2.45, 2.75) is 27.2 Å². The topological polar surface area (TPSA) is 91.2 Å². The van der Waals surface area contributed by atoms with Crippen LogP contribution in [0.1, 0.15) is 36.2 Å². The van der Waals surface area contributed by atoms with Crippen molar-refractivity contribution >= 4 is 11.6 Å². The van der Waals surface area contributed by atoms with Crippen LogP contribution in [0.3, 0.4) is 0 Å². The highest BCUT2D eigenvalue weighted by Crippen LogP contribution is 2.29. The predicted molar refractivity (Wildman–Crippen MR) is 105 cm³/mol. The van der Waals surface area contributed by atoms with Gasteiger partial charge >= 0.3 is 0 Å². The molecule has 0 spiro atoms. The lowest BCUT2D eigenvalue weighted by Crippen LogP contribution is -2.14.